The zero-order valence-corrected chi connectivity index (χ0v) is 9.74. The van der Waals surface area contributed by atoms with Gasteiger partial charge in [0.25, 0.3) is 5.78 Å². The fraction of sp³-hybridized carbons (Fsp3) is 0.200. The number of ether oxygens (including phenoxy) is 2. The first-order valence-electron chi connectivity index (χ1n) is 4.35. The van der Waals surface area contributed by atoms with Crippen LogP contribution in [0.5, 0.6) is 17.2 Å². The molecule has 0 atom stereocenters. The highest BCUT2D eigenvalue weighted by Gasteiger charge is 2.27. The van der Waals surface area contributed by atoms with Gasteiger partial charge in [0.1, 0.15) is 0 Å². The highest BCUT2D eigenvalue weighted by atomic mass is 35.5. The highest BCUT2D eigenvalue weighted by Crippen LogP contribution is 2.43. The number of aromatic hydroxyl groups is 1. The van der Waals surface area contributed by atoms with Crippen LogP contribution in [-0.2, 0) is 4.79 Å². The maximum Gasteiger partial charge on any atom is 0.377 e. The fourth-order valence-corrected chi connectivity index (χ4v) is 1.54. The maximum absolute atomic E-state index is 11.3. The topological polar surface area (TPSA) is 93.1 Å². The van der Waals surface area contributed by atoms with Crippen LogP contribution in [0.2, 0.25) is 5.02 Å². The third-order valence-electron chi connectivity index (χ3n) is 2.02. The molecule has 2 N–H and O–H groups in total. The molecule has 1 aromatic carbocycles. The van der Waals surface area contributed by atoms with Gasteiger partial charge in [-0.2, -0.15) is 0 Å². The molecule has 0 heterocycles. The first-order valence-corrected chi connectivity index (χ1v) is 4.72. The molecule has 0 amide bonds. The van der Waals surface area contributed by atoms with Gasteiger partial charge < -0.3 is 19.7 Å². The molecule has 0 saturated heterocycles. The largest absolute Gasteiger partial charge is 0.504 e. The molecule has 6 nitrogen and oxygen atoms in total. The van der Waals surface area contributed by atoms with Gasteiger partial charge in [-0.15, -0.1) is 0 Å². The molecule has 0 bridgehead atoms. The quantitative estimate of drug-likeness (QED) is 0.627. The molecule has 0 aliphatic heterocycles. The minimum Gasteiger partial charge on any atom is -0.504 e. The number of halogens is 1. The summed E-state index contributed by atoms with van der Waals surface area (Å²) >= 11 is 5.70. The molecule has 0 aliphatic rings. The van der Waals surface area contributed by atoms with Crippen LogP contribution in [0.1, 0.15) is 10.4 Å². The Morgan fingerprint density at radius 1 is 1.29 bits per heavy atom. The van der Waals surface area contributed by atoms with Crippen molar-refractivity contribution in [1.82, 2.24) is 0 Å². The summed E-state index contributed by atoms with van der Waals surface area (Å²) in [6, 6.07) is 1.19. The maximum atomic E-state index is 11.3. The number of carbonyl (C=O) groups excluding carboxylic acids is 1. The van der Waals surface area contributed by atoms with E-state index in [0.29, 0.717) is 0 Å². The first kappa shape index (κ1) is 13.1. The molecule has 1 rings (SSSR count). The Morgan fingerprint density at radius 3 is 2.29 bits per heavy atom. The van der Waals surface area contributed by atoms with E-state index in [-0.39, 0.29) is 16.5 Å². The summed E-state index contributed by atoms with van der Waals surface area (Å²) in [6.07, 6.45) is 0. The standard InChI is InChI=1S/C10H9ClO6/c1-16-5-3-4(11)6(8(13)10(14)15)7(12)9(5)17-2/h3,12H,1-2H3,(H,14,15). The Kier molecular flexibility index (Phi) is 3.80. The molecule has 92 valence electrons. The number of benzene rings is 1. The predicted octanol–water partition coefficient (Wildman–Crippen LogP) is 1.33. The molecule has 0 saturated carbocycles. The Balaban J connectivity index is 3.52. The van der Waals surface area contributed by atoms with Gasteiger partial charge in [0.05, 0.1) is 24.8 Å². The average Bonchev–Trinajstić information content (AvgIpc) is 2.27. The average molecular weight is 261 g/mol. The van der Waals surface area contributed by atoms with Crippen molar-refractivity contribution in [2.75, 3.05) is 14.2 Å². The SMILES string of the molecule is COc1cc(Cl)c(C(=O)C(=O)O)c(O)c1OC. The number of phenols is 1. The van der Waals surface area contributed by atoms with Crippen LogP contribution >= 0.6 is 11.6 Å². The minimum atomic E-state index is -1.73. The van der Waals surface area contributed by atoms with Crippen molar-refractivity contribution in [3.63, 3.8) is 0 Å². The van der Waals surface area contributed by atoms with Gasteiger partial charge in [-0.25, -0.2) is 4.79 Å². The highest BCUT2D eigenvalue weighted by molar-refractivity contribution is 6.45. The van der Waals surface area contributed by atoms with Crippen LogP contribution in [-0.4, -0.2) is 36.2 Å². The van der Waals surface area contributed by atoms with Crippen molar-refractivity contribution in [3.8, 4) is 17.2 Å². The number of carbonyl (C=O) groups is 2. The molecule has 7 heteroatoms. The summed E-state index contributed by atoms with van der Waals surface area (Å²) in [5, 5.41) is 18.1. The Morgan fingerprint density at radius 2 is 1.88 bits per heavy atom. The van der Waals surface area contributed by atoms with Gasteiger partial charge in [0.2, 0.25) is 5.75 Å². The number of hydrogen-bond donors (Lipinski definition) is 2. The molecule has 0 unspecified atom stereocenters. The molecule has 0 aliphatic carbocycles. The summed E-state index contributed by atoms with van der Waals surface area (Å²) in [5.74, 6) is -3.77. The van der Waals surface area contributed by atoms with Gasteiger partial charge in [-0.3, -0.25) is 4.79 Å². The van der Waals surface area contributed by atoms with E-state index in [1.54, 1.807) is 0 Å². The smallest absolute Gasteiger partial charge is 0.377 e. The summed E-state index contributed by atoms with van der Waals surface area (Å²) in [6.45, 7) is 0. The summed E-state index contributed by atoms with van der Waals surface area (Å²) < 4.78 is 9.68. The van der Waals surface area contributed by atoms with Crippen LogP contribution in [0, 0.1) is 0 Å². The lowest BCUT2D eigenvalue weighted by Crippen LogP contribution is -2.14. The molecule has 0 aromatic heterocycles. The molecule has 1 aromatic rings. The van der Waals surface area contributed by atoms with E-state index in [4.69, 9.17) is 26.2 Å². The lowest BCUT2D eigenvalue weighted by molar-refractivity contribution is -0.131. The second kappa shape index (κ2) is 4.92. The van der Waals surface area contributed by atoms with Crippen molar-refractivity contribution in [3.05, 3.63) is 16.7 Å². The molecular weight excluding hydrogens is 252 g/mol. The van der Waals surface area contributed by atoms with E-state index in [2.05, 4.69) is 0 Å². The fourth-order valence-electron chi connectivity index (χ4n) is 1.27. The van der Waals surface area contributed by atoms with Gasteiger partial charge in [-0.1, -0.05) is 11.6 Å². The van der Waals surface area contributed by atoms with Crippen LogP contribution < -0.4 is 9.47 Å². The van der Waals surface area contributed by atoms with E-state index >= 15 is 0 Å². The van der Waals surface area contributed by atoms with Crippen molar-refractivity contribution in [2.24, 2.45) is 0 Å². The van der Waals surface area contributed by atoms with E-state index in [9.17, 15) is 14.7 Å². The molecule has 17 heavy (non-hydrogen) atoms. The zero-order valence-electron chi connectivity index (χ0n) is 8.98. The number of aliphatic carboxylic acids is 1. The van der Waals surface area contributed by atoms with Crippen molar-refractivity contribution in [1.29, 1.82) is 0 Å². The molecule has 0 fully saturated rings. The first-order chi connectivity index (χ1) is 7.93. The van der Waals surface area contributed by atoms with Gasteiger partial charge in [0, 0.05) is 6.07 Å². The predicted molar refractivity (Wildman–Crippen MR) is 58.2 cm³/mol. The molecular formula is C10H9ClO6. The van der Waals surface area contributed by atoms with Crippen LogP contribution in [0.4, 0.5) is 0 Å². The Bertz CT molecular complexity index is 482. The van der Waals surface area contributed by atoms with Crippen LogP contribution in [0.3, 0.4) is 0 Å². The van der Waals surface area contributed by atoms with Crippen molar-refractivity contribution >= 4 is 23.4 Å². The lowest BCUT2D eigenvalue weighted by Gasteiger charge is -2.12. The Labute approximate surface area is 101 Å². The number of methoxy groups -OCH3 is 2. The van der Waals surface area contributed by atoms with Gasteiger partial charge in [0.15, 0.2) is 11.5 Å². The van der Waals surface area contributed by atoms with Crippen LogP contribution in [0.25, 0.3) is 0 Å². The van der Waals surface area contributed by atoms with Crippen molar-refractivity contribution < 1.29 is 29.3 Å². The second-order valence-electron chi connectivity index (χ2n) is 2.95. The summed E-state index contributed by atoms with van der Waals surface area (Å²) in [7, 11) is 2.55. The zero-order chi connectivity index (χ0) is 13.2. The van der Waals surface area contributed by atoms with Crippen molar-refractivity contribution in [2.45, 2.75) is 0 Å². The normalized spacial score (nSPS) is 9.82. The Hall–Kier alpha value is -1.95. The third kappa shape index (κ3) is 2.26. The van der Waals surface area contributed by atoms with Crippen LogP contribution in [0.15, 0.2) is 6.07 Å². The number of phenolic OH excluding ortho intramolecular Hbond substituents is 1. The summed E-state index contributed by atoms with van der Waals surface area (Å²) in [5.41, 5.74) is -0.531. The number of carboxylic acids is 1. The van der Waals surface area contributed by atoms with Gasteiger partial charge in [-0.05, 0) is 0 Å². The second-order valence-corrected chi connectivity index (χ2v) is 3.36. The minimum absolute atomic E-state index is 0.0944. The molecule has 0 radical (unpaired) electrons. The number of carboxylic acid groups (broad SMARTS) is 1. The van der Waals surface area contributed by atoms with Gasteiger partial charge >= 0.3 is 5.97 Å². The number of Topliss-reactive ketones (excluding diaryl/α,β-unsaturated/α-hetero) is 1. The lowest BCUT2D eigenvalue weighted by atomic mass is 10.1. The number of hydrogen-bond acceptors (Lipinski definition) is 5. The summed E-state index contributed by atoms with van der Waals surface area (Å²) in [4.78, 5) is 21.9. The van der Waals surface area contributed by atoms with E-state index in [1.165, 1.54) is 20.3 Å². The monoisotopic (exact) mass is 260 g/mol. The molecule has 0 spiro atoms. The third-order valence-corrected chi connectivity index (χ3v) is 2.32. The van der Waals surface area contributed by atoms with E-state index in [1.807, 2.05) is 0 Å². The van der Waals surface area contributed by atoms with E-state index in [0.717, 1.165) is 0 Å². The van der Waals surface area contributed by atoms with E-state index < -0.39 is 23.1 Å². The number of rotatable bonds is 4. The number of ketones is 1.